The van der Waals surface area contributed by atoms with Crippen molar-refractivity contribution in [2.45, 2.75) is 25.3 Å². The molecule has 0 radical (unpaired) electrons. The molecule has 1 heterocycles. The quantitative estimate of drug-likeness (QED) is 0.567. The lowest BCUT2D eigenvalue weighted by Gasteiger charge is -2.34. The molecule has 1 N–H and O–H groups in total. The minimum absolute atomic E-state index is 0.0633. The van der Waals surface area contributed by atoms with E-state index < -0.39 is 10.0 Å². The number of carbonyl (C=O) groups is 1. The van der Waals surface area contributed by atoms with Crippen LogP contribution in [-0.2, 0) is 16.6 Å². The van der Waals surface area contributed by atoms with Crippen molar-refractivity contribution in [3.8, 4) is 6.07 Å². The van der Waals surface area contributed by atoms with E-state index in [2.05, 4.69) is 15.7 Å². The summed E-state index contributed by atoms with van der Waals surface area (Å²) in [6, 6.07) is 21.3. The standard InChI is InChI=1S/C27H28N4O3S/c1-20-3-12-26(17-21(20)2)35(33,34)29-25-10-8-24(9-11-25)27(32)31-15-13-30(14-16-31)19-23-6-4-22(18-28)5-7-23/h3-12,17,29H,13-16,19H2,1-2H3. The van der Waals surface area contributed by atoms with E-state index in [0.29, 0.717) is 29.9 Å². The molecule has 0 atom stereocenters. The normalized spacial score (nSPS) is 14.4. The van der Waals surface area contributed by atoms with Crippen LogP contribution >= 0.6 is 0 Å². The van der Waals surface area contributed by atoms with Gasteiger partial charge in [0.2, 0.25) is 0 Å². The molecule has 7 nitrogen and oxygen atoms in total. The van der Waals surface area contributed by atoms with Crippen LogP contribution < -0.4 is 4.72 Å². The van der Waals surface area contributed by atoms with Crippen molar-refractivity contribution in [1.82, 2.24) is 9.80 Å². The molecule has 0 aromatic heterocycles. The summed E-state index contributed by atoms with van der Waals surface area (Å²) >= 11 is 0. The SMILES string of the molecule is Cc1ccc(S(=O)(=O)Nc2ccc(C(=O)N3CCN(Cc4ccc(C#N)cc4)CC3)cc2)cc1C. The van der Waals surface area contributed by atoms with E-state index in [1.54, 1.807) is 42.5 Å². The molecule has 0 aliphatic carbocycles. The molecule has 3 aromatic carbocycles. The van der Waals surface area contributed by atoms with Crippen LogP contribution in [0.5, 0.6) is 0 Å². The summed E-state index contributed by atoms with van der Waals surface area (Å²) in [4.78, 5) is 17.3. The topological polar surface area (TPSA) is 93.5 Å². The highest BCUT2D eigenvalue weighted by Gasteiger charge is 2.22. The zero-order chi connectivity index (χ0) is 25.0. The van der Waals surface area contributed by atoms with Gasteiger partial charge in [-0.15, -0.1) is 0 Å². The third-order valence-corrected chi connectivity index (χ3v) is 7.70. The number of nitriles is 1. The molecule has 4 rings (SSSR count). The van der Waals surface area contributed by atoms with Gasteiger partial charge in [0.1, 0.15) is 0 Å². The summed E-state index contributed by atoms with van der Waals surface area (Å²) in [5.41, 5.74) is 4.66. The molecule has 35 heavy (non-hydrogen) atoms. The van der Waals surface area contributed by atoms with Gasteiger partial charge in [0.05, 0.1) is 16.5 Å². The lowest BCUT2D eigenvalue weighted by atomic mass is 10.1. The summed E-state index contributed by atoms with van der Waals surface area (Å²) in [6.45, 7) is 7.36. The second-order valence-electron chi connectivity index (χ2n) is 8.81. The number of nitrogens with one attached hydrogen (secondary N) is 1. The lowest BCUT2D eigenvalue weighted by Crippen LogP contribution is -2.48. The third-order valence-electron chi connectivity index (χ3n) is 6.32. The molecule has 1 aliphatic heterocycles. The Balaban J connectivity index is 1.33. The highest BCUT2D eigenvalue weighted by atomic mass is 32.2. The Kier molecular flexibility index (Phi) is 7.20. The third kappa shape index (κ3) is 5.88. The Morgan fingerprint density at radius 2 is 1.57 bits per heavy atom. The molecular formula is C27H28N4O3S. The van der Waals surface area contributed by atoms with Gasteiger partial charge in [-0.2, -0.15) is 5.26 Å². The Labute approximate surface area is 206 Å². The van der Waals surface area contributed by atoms with Crippen molar-refractivity contribution in [1.29, 1.82) is 5.26 Å². The first-order valence-electron chi connectivity index (χ1n) is 11.5. The number of benzene rings is 3. The van der Waals surface area contributed by atoms with Crippen LogP contribution in [0.4, 0.5) is 5.69 Å². The molecule has 1 amide bonds. The van der Waals surface area contributed by atoms with E-state index >= 15 is 0 Å². The van der Waals surface area contributed by atoms with E-state index in [1.807, 2.05) is 43.0 Å². The van der Waals surface area contributed by atoms with Gasteiger partial charge in [-0.3, -0.25) is 14.4 Å². The van der Waals surface area contributed by atoms with Gasteiger partial charge < -0.3 is 4.90 Å². The summed E-state index contributed by atoms with van der Waals surface area (Å²) in [6.07, 6.45) is 0. The number of aryl methyl sites for hydroxylation is 2. The first-order valence-corrected chi connectivity index (χ1v) is 12.9. The molecule has 1 aliphatic rings. The van der Waals surface area contributed by atoms with E-state index in [9.17, 15) is 13.2 Å². The molecule has 180 valence electrons. The van der Waals surface area contributed by atoms with E-state index in [0.717, 1.165) is 36.3 Å². The van der Waals surface area contributed by atoms with Gasteiger partial charge in [0.15, 0.2) is 0 Å². The largest absolute Gasteiger partial charge is 0.336 e. The second-order valence-corrected chi connectivity index (χ2v) is 10.5. The zero-order valence-corrected chi connectivity index (χ0v) is 20.7. The summed E-state index contributed by atoms with van der Waals surface area (Å²) in [5, 5.41) is 8.93. The Bertz CT molecular complexity index is 1350. The van der Waals surface area contributed by atoms with Crippen molar-refractivity contribution in [2.24, 2.45) is 0 Å². The number of anilines is 1. The number of amides is 1. The van der Waals surface area contributed by atoms with Crippen LogP contribution in [0.1, 0.15) is 32.6 Å². The predicted octanol–water partition coefficient (Wildman–Crippen LogP) is 3.93. The van der Waals surface area contributed by atoms with Gasteiger partial charge in [-0.05, 0) is 79.1 Å². The van der Waals surface area contributed by atoms with Crippen molar-refractivity contribution in [3.05, 3.63) is 94.5 Å². The van der Waals surface area contributed by atoms with Crippen LogP contribution in [0.2, 0.25) is 0 Å². The molecule has 0 saturated carbocycles. The van der Waals surface area contributed by atoms with Crippen molar-refractivity contribution >= 4 is 21.6 Å². The monoisotopic (exact) mass is 488 g/mol. The Morgan fingerprint density at radius 3 is 2.17 bits per heavy atom. The lowest BCUT2D eigenvalue weighted by molar-refractivity contribution is 0.0628. The number of carbonyl (C=O) groups excluding carboxylic acids is 1. The Hall–Kier alpha value is -3.67. The summed E-state index contributed by atoms with van der Waals surface area (Å²) < 4.78 is 28.0. The number of sulfonamides is 1. The number of nitrogens with zero attached hydrogens (tertiary/aromatic N) is 3. The molecular weight excluding hydrogens is 460 g/mol. The minimum atomic E-state index is -3.71. The summed E-state index contributed by atoms with van der Waals surface area (Å²) in [7, 11) is -3.71. The number of hydrogen-bond acceptors (Lipinski definition) is 5. The second kappa shape index (κ2) is 10.3. The van der Waals surface area contributed by atoms with Crippen LogP contribution in [-0.4, -0.2) is 50.3 Å². The zero-order valence-electron chi connectivity index (χ0n) is 19.9. The van der Waals surface area contributed by atoms with E-state index in [4.69, 9.17) is 5.26 Å². The fourth-order valence-corrected chi connectivity index (χ4v) is 5.15. The molecule has 0 unspecified atom stereocenters. The number of rotatable bonds is 6. The smallest absolute Gasteiger partial charge is 0.261 e. The van der Waals surface area contributed by atoms with Crippen molar-refractivity contribution in [3.63, 3.8) is 0 Å². The van der Waals surface area contributed by atoms with E-state index in [1.165, 1.54) is 0 Å². The van der Waals surface area contributed by atoms with Gasteiger partial charge in [-0.1, -0.05) is 18.2 Å². The van der Waals surface area contributed by atoms with Gasteiger partial charge >= 0.3 is 0 Å². The first kappa shape index (κ1) is 24.5. The average Bonchev–Trinajstić information content (AvgIpc) is 2.86. The molecule has 1 saturated heterocycles. The maximum atomic E-state index is 13.0. The summed E-state index contributed by atoms with van der Waals surface area (Å²) in [5.74, 6) is -0.0633. The fraction of sp³-hybridized carbons (Fsp3) is 0.259. The van der Waals surface area contributed by atoms with Crippen LogP contribution in [0.15, 0.2) is 71.6 Å². The number of piperazine rings is 1. The van der Waals surface area contributed by atoms with Gasteiger partial charge in [-0.25, -0.2) is 8.42 Å². The van der Waals surface area contributed by atoms with Gasteiger partial charge in [0, 0.05) is 44.0 Å². The average molecular weight is 489 g/mol. The van der Waals surface area contributed by atoms with Gasteiger partial charge in [0.25, 0.3) is 15.9 Å². The maximum Gasteiger partial charge on any atom is 0.261 e. The highest BCUT2D eigenvalue weighted by Crippen LogP contribution is 2.20. The molecule has 1 fully saturated rings. The minimum Gasteiger partial charge on any atom is -0.336 e. The fourth-order valence-electron chi connectivity index (χ4n) is 4.01. The van der Waals surface area contributed by atoms with Crippen molar-refractivity contribution < 1.29 is 13.2 Å². The number of hydrogen-bond donors (Lipinski definition) is 1. The van der Waals surface area contributed by atoms with Crippen molar-refractivity contribution in [2.75, 3.05) is 30.9 Å². The molecule has 3 aromatic rings. The van der Waals surface area contributed by atoms with Crippen LogP contribution in [0, 0.1) is 25.2 Å². The van der Waals surface area contributed by atoms with Crippen LogP contribution in [0.3, 0.4) is 0 Å². The maximum absolute atomic E-state index is 13.0. The first-order chi connectivity index (χ1) is 16.7. The molecule has 0 spiro atoms. The predicted molar refractivity (Wildman–Crippen MR) is 136 cm³/mol. The van der Waals surface area contributed by atoms with E-state index in [-0.39, 0.29) is 10.8 Å². The Morgan fingerprint density at radius 1 is 0.914 bits per heavy atom. The molecule has 0 bridgehead atoms. The highest BCUT2D eigenvalue weighted by molar-refractivity contribution is 7.92. The van der Waals surface area contributed by atoms with Crippen LogP contribution in [0.25, 0.3) is 0 Å². The molecule has 8 heteroatoms.